The van der Waals surface area contributed by atoms with Gasteiger partial charge in [-0.1, -0.05) is 0 Å². The summed E-state index contributed by atoms with van der Waals surface area (Å²) in [5, 5.41) is 18.6. The number of rotatable bonds is 16. The summed E-state index contributed by atoms with van der Waals surface area (Å²) < 4.78 is 48.1. The molecule has 13 heteroatoms. The molecule has 0 amide bonds. The van der Waals surface area contributed by atoms with Gasteiger partial charge in [0, 0.05) is 58.3 Å². The number of fused-ring (bicyclic) bond motifs is 2. The Morgan fingerprint density at radius 3 is 2.04 bits per heavy atom. The van der Waals surface area contributed by atoms with Crippen LogP contribution in [0.4, 0.5) is 8.78 Å². The van der Waals surface area contributed by atoms with Crippen LogP contribution in [0.2, 0.25) is 0 Å². The molecule has 0 fully saturated rings. The fourth-order valence-corrected chi connectivity index (χ4v) is 5.92. The molecule has 0 bridgehead atoms. The van der Waals surface area contributed by atoms with E-state index >= 15 is 8.78 Å². The Morgan fingerprint density at radius 2 is 1.46 bits per heavy atom. The second-order valence-electron chi connectivity index (χ2n) is 11.2. The first-order valence-electron chi connectivity index (χ1n) is 14.3. The number of ether oxygens (including phenoxy) is 3. The summed E-state index contributed by atoms with van der Waals surface area (Å²) in [5.41, 5.74) is -0.584. The molecule has 2 N–H and O–H groups in total. The minimum Gasteiger partial charge on any atom is -0.496 e. The van der Waals surface area contributed by atoms with E-state index in [1.54, 1.807) is 6.07 Å². The molecule has 2 aromatic carbocycles. The zero-order chi connectivity index (χ0) is 33.8. The van der Waals surface area contributed by atoms with E-state index in [1.807, 2.05) is 0 Å². The van der Waals surface area contributed by atoms with Crippen molar-refractivity contribution in [3.8, 4) is 11.5 Å². The summed E-state index contributed by atoms with van der Waals surface area (Å²) >= 11 is 1.07. The molecule has 0 aliphatic heterocycles. The molecule has 0 radical (unpaired) electrons. The first-order valence-corrected chi connectivity index (χ1v) is 15.1. The number of carbonyl (C=O) groups is 4. The number of Topliss-reactive ketones (excluding diaryl/α,β-unsaturated/α-hetero) is 2. The highest BCUT2D eigenvalue weighted by molar-refractivity contribution is 7.20. The number of thiophene rings is 1. The SMILES string of the molecule is COc1cc2nc(C(=O)CCC(=O)O)ccc2c(F)c1CCOCCc1c(OC)cc2sc(C(=O)CC(C)(C)C(=O)O)cc2c1F. The topological polar surface area (TPSA) is 149 Å². The van der Waals surface area contributed by atoms with Crippen molar-refractivity contribution in [3.63, 3.8) is 0 Å². The number of carbonyl (C=O) groups excluding carboxylic acids is 2. The number of pyridine rings is 1. The Balaban J connectivity index is 1.44. The molecule has 0 aliphatic carbocycles. The predicted molar refractivity (Wildman–Crippen MR) is 166 cm³/mol. The highest BCUT2D eigenvalue weighted by atomic mass is 32.1. The molecule has 0 atom stereocenters. The second kappa shape index (κ2) is 14.3. The first kappa shape index (κ1) is 34.4. The van der Waals surface area contributed by atoms with E-state index in [0.29, 0.717) is 4.70 Å². The van der Waals surface area contributed by atoms with Crippen molar-refractivity contribution in [2.45, 2.75) is 46.0 Å². The Kier molecular flexibility index (Phi) is 10.7. The van der Waals surface area contributed by atoms with Crippen molar-refractivity contribution in [2.24, 2.45) is 5.41 Å². The summed E-state index contributed by atoms with van der Waals surface area (Å²) in [6, 6.07) is 7.32. The van der Waals surface area contributed by atoms with Gasteiger partial charge in [0.15, 0.2) is 11.6 Å². The quantitative estimate of drug-likeness (QED) is 0.104. The third-order valence-corrected chi connectivity index (χ3v) is 8.68. The van der Waals surface area contributed by atoms with E-state index in [0.717, 1.165) is 11.3 Å². The molecule has 0 aliphatic rings. The molecular weight excluding hydrogens is 624 g/mol. The molecular formula is C33H33F2NO9S. The summed E-state index contributed by atoms with van der Waals surface area (Å²) in [6.07, 6.45) is -0.563. The molecule has 2 heterocycles. The van der Waals surface area contributed by atoms with Crippen molar-refractivity contribution in [1.82, 2.24) is 4.98 Å². The summed E-state index contributed by atoms with van der Waals surface area (Å²) in [5.74, 6) is -3.77. The normalized spacial score (nSPS) is 11.6. The smallest absolute Gasteiger partial charge is 0.309 e. The van der Waals surface area contributed by atoms with Gasteiger partial charge in [0.05, 0.1) is 49.7 Å². The van der Waals surface area contributed by atoms with Gasteiger partial charge in [-0.25, -0.2) is 13.8 Å². The summed E-state index contributed by atoms with van der Waals surface area (Å²) in [7, 11) is 2.77. The van der Waals surface area contributed by atoms with Crippen molar-refractivity contribution < 1.29 is 52.4 Å². The molecule has 244 valence electrons. The maximum atomic E-state index is 15.6. The van der Waals surface area contributed by atoms with Crippen LogP contribution in [0.3, 0.4) is 0 Å². The van der Waals surface area contributed by atoms with Crippen LogP contribution in [0.5, 0.6) is 11.5 Å². The number of carboxylic acids is 2. The zero-order valence-electron chi connectivity index (χ0n) is 25.7. The summed E-state index contributed by atoms with van der Waals surface area (Å²) in [6.45, 7) is 3.05. The number of aliphatic carboxylic acids is 2. The van der Waals surface area contributed by atoms with Gasteiger partial charge >= 0.3 is 11.9 Å². The largest absolute Gasteiger partial charge is 0.496 e. The number of carboxylic acid groups (broad SMARTS) is 2. The Hall–Kier alpha value is -4.49. The number of halogens is 2. The first-order chi connectivity index (χ1) is 21.8. The lowest BCUT2D eigenvalue weighted by Crippen LogP contribution is -2.26. The number of ketones is 2. The predicted octanol–water partition coefficient (Wildman–Crippen LogP) is 6.28. The van der Waals surface area contributed by atoms with Gasteiger partial charge in [-0.3, -0.25) is 19.2 Å². The minimum atomic E-state index is -1.27. The third-order valence-electron chi connectivity index (χ3n) is 7.55. The third kappa shape index (κ3) is 7.48. The molecule has 10 nitrogen and oxygen atoms in total. The lowest BCUT2D eigenvalue weighted by Gasteiger charge is -2.16. The number of benzene rings is 2. The van der Waals surface area contributed by atoms with Crippen molar-refractivity contribution in [2.75, 3.05) is 27.4 Å². The Morgan fingerprint density at radius 1 is 0.848 bits per heavy atom. The van der Waals surface area contributed by atoms with E-state index in [1.165, 1.54) is 52.3 Å². The van der Waals surface area contributed by atoms with Gasteiger partial charge in [0.25, 0.3) is 0 Å². The minimum absolute atomic E-state index is 0.0274. The fourth-order valence-electron chi connectivity index (χ4n) is 4.90. The monoisotopic (exact) mass is 657 g/mol. The van der Waals surface area contributed by atoms with Crippen molar-refractivity contribution in [1.29, 1.82) is 0 Å². The van der Waals surface area contributed by atoms with Gasteiger partial charge in [-0.05, 0) is 38.1 Å². The molecule has 4 rings (SSSR count). The maximum Gasteiger partial charge on any atom is 0.309 e. The van der Waals surface area contributed by atoms with E-state index in [2.05, 4.69) is 4.98 Å². The average Bonchev–Trinajstić information content (AvgIpc) is 3.45. The van der Waals surface area contributed by atoms with E-state index in [4.69, 9.17) is 19.3 Å². The molecule has 0 unspecified atom stereocenters. The van der Waals surface area contributed by atoms with Gasteiger partial charge in [-0.15, -0.1) is 11.3 Å². The zero-order valence-corrected chi connectivity index (χ0v) is 26.5. The van der Waals surface area contributed by atoms with Crippen molar-refractivity contribution >= 4 is 55.8 Å². The van der Waals surface area contributed by atoms with Crippen LogP contribution in [-0.4, -0.2) is 66.1 Å². The van der Waals surface area contributed by atoms with E-state index in [-0.39, 0.29) is 94.8 Å². The standard InChI is InChI=1S/C33H33F2NO9S/c1-33(2,32(41)42)16-24(38)28-13-20-27(46-28)15-26(44-4)19(31(20)35)10-12-45-11-9-18-25(43-3)14-22-17(30(18)34)5-6-21(36-22)23(37)7-8-29(39)40/h5-6,13-15H,7-12,16H2,1-4H3,(H,39,40)(H,41,42). The number of nitrogens with zero attached hydrogens (tertiary/aromatic N) is 1. The summed E-state index contributed by atoms with van der Waals surface area (Å²) in [4.78, 5) is 51.8. The molecule has 0 saturated carbocycles. The van der Waals surface area contributed by atoms with Crippen LogP contribution in [0.15, 0.2) is 30.3 Å². The van der Waals surface area contributed by atoms with Crippen LogP contribution in [0, 0.1) is 17.0 Å². The average molecular weight is 658 g/mol. The van der Waals surface area contributed by atoms with Crippen LogP contribution in [0.1, 0.15) is 64.4 Å². The Labute approximate surface area is 266 Å². The molecule has 0 saturated heterocycles. The van der Waals surface area contributed by atoms with Crippen LogP contribution in [-0.2, 0) is 27.2 Å². The number of aromatic nitrogens is 1. The lowest BCUT2D eigenvalue weighted by molar-refractivity contribution is -0.146. The second-order valence-corrected chi connectivity index (χ2v) is 12.3. The highest BCUT2D eigenvalue weighted by Crippen LogP contribution is 2.37. The number of methoxy groups -OCH3 is 2. The van der Waals surface area contributed by atoms with Crippen LogP contribution in [0.25, 0.3) is 21.0 Å². The Bertz CT molecular complexity index is 1830. The highest BCUT2D eigenvalue weighted by Gasteiger charge is 2.31. The molecule has 0 spiro atoms. The van der Waals surface area contributed by atoms with Gasteiger partial charge in [0.1, 0.15) is 28.8 Å². The fraction of sp³-hybridized carbons (Fsp3) is 0.364. The van der Waals surface area contributed by atoms with Crippen molar-refractivity contribution in [3.05, 3.63) is 63.7 Å². The lowest BCUT2D eigenvalue weighted by atomic mass is 9.87. The van der Waals surface area contributed by atoms with E-state index < -0.39 is 40.6 Å². The molecule has 4 aromatic rings. The van der Waals surface area contributed by atoms with E-state index in [9.17, 15) is 24.3 Å². The maximum absolute atomic E-state index is 15.6. The van der Waals surface area contributed by atoms with Gasteiger partial charge in [-0.2, -0.15) is 0 Å². The molecule has 46 heavy (non-hydrogen) atoms. The number of hydrogen-bond donors (Lipinski definition) is 2. The molecule has 2 aromatic heterocycles. The number of hydrogen-bond acceptors (Lipinski definition) is 9. The van der Waals surface area contributed by atoms with Crippen LogP contribution < -0.4 is 9.47 Å². The van der Waals surface area contributed by atoms with Gasteiger partial charge in [0.2, 0.25) is 0 Å². The van der Waals surface area contributed by atoms with Crippen LogP contribution >= 0.6 is 11.3 Å². The van der Waals surface area contributed by atoms with Gasteiger partial charge < -0.3 is 24.4 Å².